The highest BCUT2D eigenvalue weighted by Crippen LogP contribution is 2.38. The summed E-state index contributed by atoms with van der Waals surface area (Å²) >= 11 is 1.52. The number of aryl methyl sites for hydroxylation is 1. The summed E-state index contributed by atoms with van der Waals surface area (Å²) < 4.78 is 10.4. The molecule has 0 radical (unpaired) electrons. The van der Waals surface area contributed by atoms with Crippen molar-refractivity contribution < 1.29 is 14.3 Å². The SMILES string of the molecule is COC(=O)c1nc(C2(C)CCCO2)sc1C. The second-order valence-electron chi connectivity index (χ2n) is 4.10. The summed E-state index contributed by atoms with van der Waals surface area (Å²) in [5, 5.41) is 0.878. The third-order valence-electron chi connectivity index (χ3n) is 2.85. The van der Waals surface area contributed by atoms with E-state index in [-0.39, 0.29) is 11.6 Å². The van der Waals surface area contributed by atoms with E-state index in [0.717, 1.165) is 29.3 Å². The van der Waals surface area contributed by atoms with Gasteiger partial charge in [0.1, 0.15) is 10.6 Å². The van der Waals surface area contributed by atoms with Crippen molar-refractivity contribution in [2.45, 2.75) is 32.3 Å². The molecule has 1 aliphatic rings. The fraction of sp³-hybridized carbons (Fsp3) is 0.636. The molecule has 0 spiro atoms. The van der Waals surface area contributed by atoms with Crippen LogP contribution in [-0.4, -0.2) is 24.7 Å². The Hall–Kier alpha value is -0.940. The van der Waals surface area contributed by atoms with Crippen LogP contribution in [0.3, 0.4) is 0 Å². The summed E-state index contributed by atoms with van der Waals surface area (Å²) in [5.74, 6) is -0.374. The summed E-state index contributed by atoms with van der Waals surface area (Å²) in [5.41, 5.74) is 0.0982. The number of rotatable bonds is 2. The second-order valence-corrected chi connectivity index (χ2v) is 5.30. The van der Waals surface area contributed by atoms with Gasteiger partial charge in [-0.25, -0.2) is 9.78 Å². The minimum atomic E-state index is -0.374. The first kappa shape index (κ1) is 11.5. The van der Waals surface area contributed by atoms with E-state index in [1.165, 1.54) is 18.4 Å². The molecule has 5 heteroatoms. The van der Waals surface area contributed by atoms with E-state index in [0.29, 0.717) is 5.69 Å². The van der Waals surface area contributed by atoms with E-state index in [2.05, 4.69) is 4.98 Å². The Morgan fingerprint density at radius 1 is 1.62 bits per heavy atom. The molecule has 4 nitrogen and oxygen atoms in total. The third kappa shape index (κ3) is 1.85. The van der Waals surface area contributed by atoms with Crippen molar-refractivity contribution in [1.29, 1.82) is 0 Å². The predicted octanol–water partition coefficient (Wildman–Crippen LogP) is 2.26. The molecular weight excluding hydrogens is 226 g/mol. The first-order chi connectivity index (χ1) is 7.57. The van der Waals surface area contributed by atoms with Gasteiger partial charge in [0.25, 0.3) is 0 Å². The third-order valence-corrected chi connectivity index (χ3v) is 4.06. The van der Waals surface area contributed by atoms with E-state index < -0.39 is 0 Å². The van der Waals surface area contributed by atoms with Gasteiger partial charge in [0, 0.05) is 11.5 Å². The van der Waals surface area contributed by atoms with E-state index >= 15 is 0 Å². The average molecular weight is 241 g/mol. The maximum absolute atomic E-state index is 11.4. The molecule has 1 aromatic heterocycles. The topological polar surface area (TPSA) is 48.4 Å². The van der Waals surface area contributed by atoms with Crippen LogP contribution in [0.25, 0.3) is 0 Å². The minimum absolute atomic E-state index is 0.318. The van der Waals surface area contributed by atoms with E-state index in [4.69, 9.17) is 9.47 Å². The lowest BCUT2D eigenvalue weighted by Gasteiger charge is -2.19. The number of carbonyl (C=O) groups is 1. The van der Waals surface area contributed by atoms with E-state index in [1.807, 2.05) is 13.8 Å². The zero-order chi connectivity index (χ0) is 11.8. The number of thiazole rings is 1. The fourth-order valence-corrected chi connectivity index (χ4v) is 2.89. The molecule has 16 heavy (non-hydrogen) atoms. The van der Waals surface area contributed by atoms with Gasteiger partial charge in [-0.1, -0.05) is 0 Å². The number of methoxy groups -OCH3 is 1. The monoisotopic (exact) mass is 241 g/mol. The van der Waals surface area contributed by atoms with Crippen molar-refractivity contribution in [1.82, 2.24) is 4.98 Å². The van der Waals surface area contributed by atoms with Crippen molar-refractivity contribution in [2.75, 3.05) is 13.7 Å². The van der Waals surface area contributed by atoms with Crippen molar-refractivity contribution >= 4 is 17.3 Å². The summed E-state index contributed by atoms with van der Waals surface area (Å²) in [4.78, 5) is 16.7. The van der Waals surface area contributed by atoms with Crippen molar-refractivity contribution in [3.63, 3.8) is 0 Å². The molecule has 2 heterocycles. The van der Waals surface area contributed by atoms with Crippen molar-refractivity contribution in [3.05, 3.63) is 15.6 Å². The Morgan fingerprint density at radius 2 is 2.38 bits per heavy atom. The number of ether oxygens (including phenoxy) is 2. The van der Waals surface area contributed by atoms with Crippen molar-refractivity contribution in [3.8, 4) is 0 Å². The van der Waals surface area contributed by atoms with Gasteiger partial charge in [0.15, 0.2) is 5.69 Å². The Kier molecular flexibility index (Phi) is 2.99. The van der Waals surface area contributed by atoms with Gasteiger partial charge in [0.05, 0.1) is 7.11 Å². The Morgan fingerprint density at radius 3 is 2.94 bits per heavy atom. The Bertz CT molecular complexity index is 407. The number of carbonyl (C=O) groups excluding carboxylic acids is 1. The second kappa shape index (κ2) is 4.14. The van der Waals surface area contributed by atoms with Crippen molar-refractivity contribution in [2.24, 2.45) is 0 Å². The highest BCUT2D eigenvalue weighted by molar-refractivity contribution is 7.12. The molecule has 1 atom stereocenters. The fourth-order valence-electron chi connectivity index (χ4n) is 1.86. The van der Waals surface area contributed by atoms with Crippen LogP contribution in [0.1, 0.15) is 40.1 Å². The van der Waals surface area contributed by atoms with Crippen LogP contribution >= 0.6 is 11.3 Å². The zero-order valence-electron chi connectivity index (χ0n) is 9.70. The quantitative estimate of drug-likeness (QED) is 0.745. The molecule has 1 aliphatic heterocycles. The van der Waals surface area contributed by atoms with E-state index in [9.17, 15) is 4.79 Å². The van der Waals surface area contributed by atoms with Gasteiger partial charge in [-0.2, -0.15) is 0 Å². The van der Waals surface area contributed by atoms with Gasteiger partial charge in [-0.15, -0.1) is 11.3 Å². The van der Waals surface area contributed by atoms with E-state index in [1.54, 1.807) is 0 Å². The maximum Gasteiger partial charge on any atom is 0.357 e. The molecule has 0 aromatic carbocycles. The van der Waals surface area contributed by atoms with Crippen LogP contribution < -0.4 is 0 Å². The molecule has 1 saturated heterocycles. The molecule has 1 fully saturated rings. The minimum Gasteiger partial charge on any atom is -0.464 e. The summed E-state index contributed by atoms with van der Waals surface area (Å²) in [6.07, 6.45) is 2.00. The standard InChI is InChI=1S/C11H15NO3S/c1-7-8(9(13)14-3)12-10(16-7)11(2)5-4-6-15-11/h4-6H2,1-3H3. The molecule has 0 amide bonds. The zero-order valence-corrected chi connectivity index (χ0v) is 10.5. The summed E-state index contributed by atoms with van der Waals surface area (Å²) in [7, 11) is 1.37. The molecule has 1 unspecified atom stereocenters. The van der Waals surface area contributed by atoms with Gasteiger partial charge >= 0.3 is 5.97 Å². The normalized spacial score (nSPS) is 24.7. The molecule has 88 valence electrons. The van der Waals surface area contributed by atoms with Crippen LogP contribution in [0.2, 0.25) is 0 Å². The van der Waals surface area contributed by atoms with Crippen LogP contribution in [0, 0.1) is 6.92 Å². The first-order valence-electron chi connectivity index (χ1n) is 5.27. The largest absolute Gasteiger partial charge is 0.464 e. The number of esters is 1. The Balaban J connectivity index is 2.33. The van der Waals surface area contributed by atoms with Gasteiger partial charge < -0.3 is 9.47 Å². The molecule has 1 aromatic rings. The van der Waals surface area contributed by atoms with Gasteiger partial charge in [0.2, 0.25) is 0 Å². The first-order valence-corrected chi connectivity index (χ1v) is 6.08. The number of hydrogen-bond acceptors (Lipinski definition) is 5. The van der Waals surface area contributed by atoms with Crippen LogP contribution in [0.15, 0.2) is 0 Å². The lowest BCUT2D eigenvalue weighted by molar-refractivity contribution is 0.0164. The average Bonchev–Trinajstić information content (AvgIpc) is 2.85. The number of hydrogen-bond donors (Lipinski definition) is 0. The summed E-state index contributed by atoms with van der Waals surface area (Å²) in [6, 6.07) is 0. The van der Waals surface area contributed by atoms with Crippen LogP contribution in [0.4, 0.5) is 0 Å². The summed E-state index contributed by atoms with van der Waals surface area (Å²) in [6.45, 7) is 4.67. The smallest absolute Gasteiger partial charge is 0.357 e. The Labute approximate surface area is 98.6 Å². The highest BCUT2D eigenvalue weighted by Gasteiger charge is 2.36. The lowest BCUT2D eigenvalue weighted by Crippen LogP contribution is -2.19. The molecule has 0 N–H and O–H groups in total. The molecule has 0 saturated carbocycles. The van der Waals surface area contributed by atoms with Crippen LogP contribution in [0.5, 0.6) is 0 Å². The van der Waals surface area contributed by atoms with Gasteiger partial charge in [-0.3, -0.25) is 0 Å². The molecule has 2 rings (SSSR count). The highest BCUT2D eigenvalue weighted by atomic mass is 32.1. The maximum atomic E-state index is 11.4. The molecule has 0 bridgehead atoms. The van der Waals surface area contributed by atoms with Gasteiger partial charge in [-0.05, 0) is 26.7 Å². The lowest BCUT2D eigenvalue weighted by atomic mass is 10.0. The molecule has 0 aliphatic carbocycles. The van der Waals surface area contributed by atoms with Crippen LogP contribution in [-0.2, 0) is 15.1 Å². The predicted molar refractivity (Wildman–Crippen MR) is 60.7 cm³/mol. The molecular formula is C11H15NO3S. The number of aromatic nitrogens is 1. The number of nitrogens with zero attached hydrogens (tertiary/aromatic N) is 1.